The summed E-state index contributed by atoms with van der Waals surface area (Å²) in [5.41, 5.74) is 1.61. The molecular weight excluding hydrogens is 360 g/mol. The van der Waals surface area contributed by atoms with Crippen molar-refractivity contribution in [2.45, 2.75) is 12.5 Å². The van der Waals surface area contributed by atoms with Crippen LogP contribution in [0.5, 0.6) is 11.5 Å². The maximum atomic E-state index is 10.1. The highest BCUT2D eigenvalue weighted by molar-refractivity contribution is 9.10. The first-order valence-corrected chi connectivity index (χ1v) is 7.71. The SMILES string of the molecule is C=CCC(O)c1cc(O)ccc1N=Nc1ccc(OC)cc1Br. The highest BCUT2D eigenvalue weighted by Gasteiger charge is 2.12. The molecule has 1 unspecified atom stereocenters. The quantitative estimate of drug-likeness (QED) is 0.538. The Hall–Kier alpha value is -2.18. The monoisotopic (exact) mass is 376 g/mol. The van der Waals surface area contributed by atoms with E-state index in [4.69, 9.17) is 4.74 Å². The Kier molecular flexibility index (Phi) is 5.90. The molecule has 0 aliphatic rings. The van der Waals surface area contributed by atoms with E-state index in [0.29, 0.717) is 29.1 Å². The number of aliphatic hydroxyl groups excluding tert-OH is 1. The van der Waals surface area contributed by atoms with E-state index < -0.39 is 6.10 Å². The van der Waals surface area contributed by atoms with Crippen molar-refractivity contribution >= 4 is 27.3 Å². The molecule has 0 heterocycles. The molecule has 6 heteroatoms. The predicted molar refractivity (Wildman–Crippen MR) is 92.8 cm³/mol. The lowest BCUT2D eigenvalue weighted by molar-refractivity contribution is 0.182. The van der Waals surface area contributed by atoms with Gasteiger partial charge in [-0.05, 0) is 58.7 Å². The Balaban J connectivity index is 2.34. The van der Waals surface area contributed by atoms with E-state index in [0.717, 1.165) is 4.47 Å². The Morgan fingerprint density at radius 1 is 1.22 bits per heavy atom. The maximum absolute atomic E-state index is 10.1. The van der Waals surface area contributed by atoms with E-state index in [1.165, 1.54) is 12.1 Å². The summed E-state index contributed by atoms with van der Waals surface area (Å²) in [7, 11) is 1.59. The fourth-order valence-corrected chi connectivity index (χ4v) is 2.43. The standard InChI is InChI=1S/C17H17BrN2O3/c1-3-4-17(22)13-9-11(21)5-7-15(13)19-20-16-8-6-12(23-2)10-14(16)18/h3,5-10,17,21-22H,1,4H2,2H3. The fourth-order valence-electron chi connectivity index (χ4n) is 1.99. The van der Waals surface area contributed by atoms with Crippen LogP contribution in [0.25, 0.3) is 0 Å². The van der Waals surface area contributed by atoms with Crippen molar-refractivity contribution < 1.29 is 14.9 Å². The first-order chi connectivity index (χ1) is 11.0. The minimum Gasteiger partial charge on any atom is -0.508 e. The van der Waals surface area contributed by atoms with Crippen LogP contribution in [-0.4, -0.2) is 17.3 Å². The van der Waals surface area contributed by atoms with Crippen LogP contribution < -0.4 is 4.74 Å². The van der Waals surface area contributed by atoms with Crippen LogP contribution in [0.3, 0.4) is 0 Å². The first-order valence-electron chi connectivity index (χ1n) is 6.92. The summed E-state index contributed by atoms with van der Waals surface area (Å²) in [5, 5.41) is 28.1. The molecule has 2 N–H and O–H groups in total. The molecule has 0 radical (unpaired) electrons. The van der Waals surface area contributed by atoms with E-state index in [9.17, 15) is 10.2 Å². The van der Waals surface area contributed by atoms with Crippen LogP contribution in [0.1, 0.15) is 18.1 Å². The highest BCUT2D eigenvalue weighted by atomic mass is 79.9. The number of benzene rings is 2. The molecule has 0 spiro atoms. The topological polar surface area (TPSA) is 74.4 Å². The zero-order valence-corrected chi connectivity index (χ0v) is 14.2. The highest BCUT2D eigenvalue weighted by Crippen LogP contribution is 2.34. The molecule has 1 atom stereocenters. The minimum atomic E-state index is -0.798. The maximum Gasteiger partial charge on any atom is 0.120 e. The Morgan fingerprint density at radius 3 is 2.57 bits per heavy atom. The Bertz CT molecular complexity index is 732. The predicted octanol–water partition coefficient (Wildman–Crippen LogP) is 5.19. The average Bonchev–Trinajstić information content (AvgIpc) is 2.54. The summed E-state index contributed by atoms with van der Waals surface area (Å²) in [5.74, 6) is 0.773. The van der Waals surface area contributed by atoms with Gasteiger partial charge in [0.1, 0.15) is 17.2 Å². The molecule has 0 aliphatic heterocycles. The third-order valence-corrected chi connectivity index (χ3v) is 3.82. The second-order valence-corrected chi connectivity index (χ2v) is 5.65. The average molecular weight is 377 g/mol. The van der Waals surface area contributed by atoms with Crippen LogP contribution in [-0.2, 0) is 0 Å². The van der Waals surface area contributed by atoms with Crippen molar-refractivity contribution in [2.24, 2.45) is 10.2 Å². The second kappa shape index (κ2) is 7.89. The van der Waals surface area contributed by atoms with Gasteiger partial charge < -0.3 is 14.9 Å². The number of hydrogen-bond donors (Lipinski definition) is 2. The first kappa shape index (κ1) is 17.2. The van der Waals surface area contributed by atoms with Crippen molar-refractivity contribution in [3.63, 3.8) is 0 Å². The fraction of sp³-hybridized carbons (Fsp3) is 0.176. The van der Waals surface area contributed by atoms with Crippen molar-refractivity contribution in [1.82, 2.24) is 0 Å². The lowest BCUT2D eigenvalue weighted by Crippen LogP contribution is -1.95. The zero-order valence-electron chi connectivity index (χ0n) is 12.6. The third-order valence-electron chi connectivity index (χ3n) is 3.18. The number of halogens is 1. The molecule has 120 valence electrons. The smallest absolute Gasteiger partial charge is 0.120 e. The van der Waals surface area contributed by atoms with Crippen molar-refractivity contribution in [2.75, 3.05) is 7.11 Å². The molecule has 5 nitrogen and oxygen atoms in total. The molecular formula is C17H17BrN2O3. The van der Waals surface area contributed by atoms with Gasteiger partial charge in [-0.2, -0.15) is 5.11 Å². The molecule has 2 aromatic carbocycles. The number of phenolic OH excluding ortho intramolecular Hbond substituents is 1. The number of azo groups is 1. The summed E-state index contributed by atoms with van der Waals surface area (Å²) < 4.78 is 5.87. The zero-order chi connectivity index (χ0) is 16.8. The number of ether oxygens (including phenoxy) is 1. The van der Waals surface area contributed by atoms with Gasteiger partial charge in [0.2, 0.25) is 0 Å². The van der Waals surface area contributed by atoms with Gasteiger partial charge in [0.15, 0.2) is 0 Å². The molecule has 0 aromatic heterocycles. The number of aliphatic hydroxyl groups is 1. The van der Waals surface area contributed by atoms with Gasteiger partial charge >= 0.3 is 0 Å². The molecule has 23 heavy (non-hydrogen) atoms. The van der Waals surface area contributed by atoms with Crippen LogP contribution in [0.15, 0.2) is 63.8 Å². The number of aromatic hydroxyl groups is 1. The van der Waals surface area contributed by atoms with Crippen LogP contribution >= 0.6 is 15.9 Å². The van der Waals surface area contributed by atoms with E-state index in [2.05, 4.69) is 32.7 Å². The number of phenols is 1. The molecule has 0 saturated carbocycles. The third kappa shape index (κ3) is 4.40. The van der Waals surface area contributed by atoms with Crippen LogP contribution in [0.2, 0.25) is 0 Å². The summed E-state index contributed by atoms with van der Waals surface area (Å²) in [6.07, 6.45) is 1.17. The summed E-state index contributed by atoms with van der Waals surface area (Å²) >= 11 is 3.41. The van der Waals surface area contributed by atoms with E-state index in [1.807, 2.05) is 0 Å². The van der Waals surface area contributed by atoms with Gasteiger partial charge in [-0.3, -0.25) is 0 Å². The number of hydrogen-bond acceptors (Lipinski definition) is 5. The number of rotatable bonds is 6. The van der Waals surface area contributed by atoms with E-state index >= 15 is 0 Å². The Labute approximate surface area is 143 Å². The molecule has 2 rings (SSSR count). The van der Waals surface area contributed by atoms with Crippen LogP contribution in [0, 0.1) is 0 Å². The molecule has 0 aliphatic carbocycles. The van der Waals surface area contributed by atoms with Crippen molar-refractivity contribution in [3.8, 4) is 11.5 Å². The van der Waals surface area contributed by atoms with Gasteiger partial charge in [0, 0.05) is 10.0 Å². The summed E-state index contributed by atoms with van der Waals surface area (Å²) in [4.78, 5) is 0. The van der Waals surface area contributed by atoms with Crippen molar-refractivity contribution in [1.29, 1.82) is 0 Å². The molecule has 0 bridgehead atoms. The molecule has 2 aromatic rings. The summed E-state index contributed by atoms with van der Waals surface area (Å²) in [6, 6.07) is 9.93. The molecule has 0 saturated heterocycles. The van der Waals surface area contributed by atoms with Crippen LogP contribution in [0.4, 0.5) is 11.4 Å². The van der Waals surface area contributed by atoms with Gasteiger partial charge in [-0.25, -0.2) is 0 Å². The second-order valence-electron chi connectivity index (χ2n) is 4.80. The number of methoxy groups -OCH3 is 1. The van der Waals surface area contributed by atoms with Gasteiger partial charge in [-0.15, -0.1) is 11.7 Å². The largest absolute Gasteiger partial charge is 0.508 e. The lowest BCUT2D eigenvalue weighted by Gasteiger charge is -2.11. The van der Waals surface area contributed by atoms with Gasteiger partial charge in [0.25, 0.3) is 0 Å². The van der Waals surface area contributed by atoms with Crippen molar-refractivity contribution in [3.05, 3.63) is 59.1 Å². The molecule has 0 amide bonds. The Morgan fingerprint density at radius 2 is 1.91 bits per heavy atom. The van der Waals surface area contributed by atoms with Gasteiger partial charge in [-0.1, -0.05) is 6.08 Å². The number of nitrogens with zero attached hydrogens (tertiary/aromatic N) is 2. The molecule has 0 fully saturated rings. The van der Waals surface area contributed by atoms with E-state index in [1.54, 1.807) is 37.5 Å². The van der Waals surface area contributed by atoms with Gasteiger partial charge in [0.05, 0.1) is 18.9 Å². The van der Waals surface area contributed by atoms with E-state index in [-0.39, 0.29) is 5.75 Å². The lowest BCUT2D eigenvalue weighted by atomic mass is 10.0. The summed E-state index contributed by atoms with van der Waals surface area (Å²) in [6.45, 7) is 3.61. The normalized spacial score (nSPS) is 12.3. The minimum absolute atomic E-state index is 0.0627.